The second kappa shape index (κ2) is 5.14. The molecule has 1 aromatic carbocycles. The molecule has 1 atom stereocenters. The van der Waals surface area contributed by atoms with Crippen molar-refractivity contribution in [1.29, 1.82) is 0 Å². The summed E-state index contributed by atoms with van der Waals surface area (Å²) < 4.78 is 7.10. The van der Waals surface area contributed by atoms with Crippen LogP contribution in [0.1, 0.15) is 12.8 Å². The molecule has 0 aliphatic carbocycles. The van der Waals surface area contributed by atoms with E-state index >= 15 is 0 Å². The highest BCUT2D eigenvalue weighted by molar-refractivity contribution is 5.51. The molecule has 2 aromatic rings. The zero-order valence-corrected chi connectivity index (χ0v) is 9.99. The molecule has 1 aliphatic rings. The molecule has 1 fully saturated rings. The minimum Gasteiger partial charge on any atom is -0.380 e. The fourth-order valence-corrected chi connectivity index (χ4v) is 2.11. The highest BCUT2D eigenvalue weighted by atomic mass is 16.5. The van der Waals surface area contributed by atoms with Crippen LogP contribution in [-0.2, 0) is 4.74 Å². The number of tetrazole rings is 1. The molecule has 1 aromatic heterocycles. The summed E-state index contributed by atoms with van der Waals surface area (Å²) in [5, 5.41) is 14.6. The van der Waals surface area contributed by atoms with E-state index in [-0.39, 0.29) is 0 Å². The zero-order valence-electron chi connectivity index (χ0n) is 9.99. The molecule has 3 rings (SSSR count). The van der Waals surface area contributed by atoms with E-state index in [4.69, 9.17) is 4.74 Å². The van der Waals surface area contributed by atoms with Crippen molar-refractivity contribution in [2.45, 2.75) is 18.9 Å². The van der Waals surface area contributed by atoms with Gasteiger partial charge in [-0.15, -0.1) is 5.10 Å². The molecule has 6 nitrogen and oxygen atoms in total. The fraction of sp³-hybridized carbons (Fsp3) is 0.417. The second-order valence-electron chi connectivity index (χ2n) is 4.36. The van der Waals surface area contributed by atoms with E-state index in [0.29, 0.717) is 6.04 Å². The quantitative estimate of drug-likeness (QED) is 0.881. The molecule has 0 bridgehead atoms. The molecule has 1 unspecified atom stereocenters. The summed E-state index contributed by atoms with van der Waals surface area (Å²) in [7, 11) is 0. The van der Waals surface area contributed by atoms with Gasteiger partial charge in [0.2, 0.25) is 0 Å². The fourth-order valence-electron chi connectivity index (χ4n) is 2.11. The van der Waals surface area contributed by atoms with Crippen molar-refractivity contribution in [1.82, 2.24) is 20.2 Å². The number of hydrogen-bond donors (Lipinski definition) is 1. The van der Waals surface area contributed by atoms with Gasteiger partial charge in [0, 0.05) is 18.3 Å². The van der Waals surface area contributed by atoms with Crippen LogP contribution in [0.4, 0.5) is 5.69 Å². The van der Waals surface area contributed by atoms with Gasteiger partial charge in [-0.2, -0.15) is 0 Å². The standard InChI is InChI=1S/C12H15N5O/c1-3-10(14-11-4-2-6-18-8-11)7-12(5-1)17-9-13-15-16-17/h1,3,5,7,9,11,14H,2,4,6,8H2. The lowest BCUT2D eigenvalue weighted by molar-refractivity contribution is 0.0876. The topological polar surface area (TPSA) is 64.9 Å². The largest absolute Gasteiger partial charge is 0.380 e. The Hall–Kier alpha value is -1.95. The molecule has 18 heavy (non-hydrogen) atoms. The first-order chi connectivity index (χ1) is 8.92. The highest BCUT2D eigenvalue weighted by Crippen LogP contribution is 2.17. The summed E-state index contributed by atoms with van der Waals surface area (Å²) >= 11 is 0. The Morgan fingerprint density at radius 3 is 3.17 bits per heavy atom. The summed E-state index contributed by atoms with van der Waals surface area (Å²) in [4.78, 5) is 0. The Kier molecular flexibility index (Phi) is 3.18. The lowest BCUT2D eigenvalue weighted by Gasteiger charge is -2.24. The van der Waals surface area contributed by atoms with E-state index in [1.807, 2.05) is 24.3 Å². The lowest BCUT2D eigenvalue weighted by Crippen LogP contribution is -2.29. The van der Waals surface area contributed by atoms with E-state index < -0.39 is 0 Å². The van der Waals surface area contributed by atoms with E-state index in [9.17, 15) is 0 Å². The van der Waals surface area contributed by atoms with Gasteiger partial charge in [-0.05, 0) is 41.5 Å². The van der Waals surface area contributed by atoms with Crippen LogP contribution in [0.5, 0.6) is 0 Å². The maximum atomic E-state index is 5.46. The van der Waals surface area contributed by atoms with E-state index in [1.165, 1.54) is 0 Å². The first-order valence-corrected chi connectivity index (χ1v) is 6.09. The third-order valence-corrected chi connectivity index (χ3v) is 2.99. The molecule has 6 heteroatoms. The van der Waals surface area contributed by atoms with Crippen LogP contribution in [0, 0.1) is 0 Å². The molecular formula is C12H15N5O. The van der Waals surface area contributed by atoms with E-state index in [2.05, 4.69) is 20.8 Å². The van der Waals surface area contributed by atoms with Gasteiger partial charge in [-0.1, -0.05) is 6.07 Å². The zero-order chi connectivity index (χ0) is 12.2. The number of aromatic nitrogens is 4. The molecule has 1 aliphatic heterocycles. The molecule has 0 spiro atoms. The smallest absolute Gasteiger partial charge is 0.143 e. The van der Waals surface area contributed by atoms with Crippen LogP contribution in [0.3, 0.4) is 0 Å². The molecule has 94 valence electrons. The first-order valence-electron chi connectivity index (χ1n) is 6.09. The summed E-state index contributed by atoms with van der Waals surface area (Å²) in [5.74, 6) is 0. The van der Waals surface area contributed by atoms with Gasteiger partial charge in [0.15, 0.2) is 0 Å². The summed E-state index contributed by atoms with van der Waals surface area (Å²) in [6.45, 7) is 1.65. The first kappa shape index (κ1) is 11.2. The second-order valence-corrected chi connectivity index (χ2v) is 4.36. The summed E-state index contributed by atoms with van der Waals surface area (Å²) in [6.07, 6.45) is 3.85. The van der Waals surface area contributed by atoms with Gasteiger partial charge < -0.3 is 10.1 Å². The summed E-state index contributed by atoms with van der Waals surface area (Å²) in [6, 6.07) is 8.43. The van der Waals surface area contributed by atoms with Crippen molar-refractivity contribution in [2.75, 3.05) is 18.5 Å². The van der Waals surface area contributed by atoms with Crippen LogP contribution >= 0.6 is 0 Å². The maximum absolute atomic E-state index is 5.46. The predicted octanol–water partition coefficient (Wildman–Crippen LogP) is 1.25. The van der Waals surface area contributed by atoms with Gasteiger partial charge in [-0.3, -0.25) is 0 Å². The Morgan fingerprint density at radius 2 is 2.39 bits per heavy atom. The molecular weight excluding hydrogens is 230 g/mol. The van der Waals surface area contributed by atoms with Crippen molar-refractivity contribution in [3.8, 4) is 5.69 Å². The average Bonchev–Trinajstić information content (AvgIpc) is 2.94. The average molecular weight is 245 g/mol. The van der Waals surface area contributed by atoms with Crippen molar-refractivity contribution >= 4 is 5.69 Å². The van der Waals surface area contributed by atoms with E-state index in [1.54, 1.807) is 11.0 Å². The van der Waals surface area contributed by atoms with Gasteiger partial charge in [0.1, 0.15) is 6.33 Å². The summed E-state index contributed by atoms with van der Waals surface area (Å²) in [5.41, 5.74) is 2.01. The van der Waals surface area contributed by atoms with Gasteiger partial charge in [0.05, 0.1) is 12.3 Å². The number of benzene rings is 1. The number of nitrogens with one attached hydrogen (secondary N) is 1. The normalized spacial score (nSPS) is 19.7. The third kappa shape index (κ3) is 2.48. The van der Waals surface area contributed by atoms with Crippen molar-refractivity contribution in [2.24, 2.45) is 0 Å². The van der Waals surface area contributed by atoms with Crippen LogP contribution < -0.4 is 5.32 Å². The number of anilines is 1. The Morgan fingerprint density at radius 1 is 1.39 bits per heavy atom. The van der Waals surface area contributed by atoms with Crippen LogP contribution in [-0.4, -0.2) is 39.5 Å². The SMILES string of the molecule is c1cc(NC2CCCOC2)cc(-n2cnnn2)c1. The molecule has 0 radical (unpaired) electrons. The van der Waals surface area contributed by atoms with Gasteiger partial charge >= 0.3 is 0 Å². The van der Waals surface area contributed by atoms with Gasteiger partial charge in [-0.25, -0.2) is 4.68 Å². The molecule has 0 saturated carbocycles. The van der Waals surface area contributed by atoms with Gasteiger partial charge in [0.25, 0.3) is 0 Å². The van der Waals surface area contributed by atoms with Crippen LogP contribution in [0.2, 0.25) is 0 Å². The molecule has 2 heterocycles. The van der Waals surface area contributed by atoms with Crippen LogP contribution in [0.15, 0.2) is 30.6 Å². The third-order valence-electron chi connectivity index (χ3n) is 2.99. The van der Waals surface area contributed by atoms with Crippen molar-refractivity contribution < 1.29 is 4.74 Å². The molecule has 1 N–H and O–H groups in total. The lowest BCUT2D eigenvalue weighted by atomic mass is 10.1. The van der Waals surface area contributed by atoms with Crippen molar-refractivity contribution in [3.05, 3.63) is 30.6 Å². The predicted molar refractivity (Wildman–Crippen MR) is 66.6 cm³/mol. The maximum Gasteiger partial charge on any atom is 0.143 e. The van der Waals surface area contributed by atoms with E-state index in [0.717, 1.165) is 37.4 Å². The number of nitrogens with zero attached hydrogens (tertiary/aromatic N) is 4. The Bertz CT molecular complexity index is 493. The number of hydrogen-bond acceptors (Lipinski definition) is 5. The monoisotopic (exact) mass is 245 g/mol. The molecule has 0 amide bonds. The minimum atomic E-state index is 0.392. The number of ether oxygens (including phenoxy) is 1. The van der Waals surface area contributed by atoms with Crippen molar-refractivity contribution in [3.63, 3.8) is 0 Å². The molecule has 1 saturated heterocycles. The Balaban J connectivity index is 1.74. The Labute approximate surface area is 105 Å². The number of rotatable bonds is 3. The van der Waals surface area contributed by atoms with Crippen LogP contribution in [0.25, 0.3) is 5.69 Å². The highest BCUT2D eigenvalue weighted by Gasteiger charge is 2.13. The minimum absolute atomic E-state index is 0.392.